The number of hydrogen-bond donors (Lipinski definition) is 0. The van der Waals surface area contributed by atoms with Gasteiger partial charge >= 0.3 is 70.9 Å². The minimum atomic E-state index is -0.943. The Labute approximate surface area is 195 Å². The van der Waals surface area contributed by atoms with Gasteiger partial charge in [-0.05, 0) is 38.5 Å². The molecule has 0 aliphatic heterocycles. The van der Waals surface area contributed by atoms with E-state index in [-0.39, 0.29) is 90.1 Å². The van der Waals surface area contributed by atoms with Crippen molar-refractivity contribution in [2.45, 2.75) is 78.6 Å². The molecule has 6 nitrogen and oxygen atoms in total. The zero-order valence-electron chi connectivity index (χ0n) is 15.0. The van der Waals surface area contributed by atoms with Gasteiger partial charge < -0.3 is 29.7 Å². The first-order chi connectivity index (χ1) is 9.81. The first kappa shape index (κ1) is 34.9. The molecule has 0 aromatic rings. The summed E-state index contributed by atoms with van der Waals surface area (Å²) in [5, 5.41) is 28.9. The van der Waals surface area contributed by atoms with Gasteiger partial charge in [0.25, 0.3) is 0 Å². The van der Waals surface area contributed by atoms with Crippen LogP contribution in [0.25, 0.3) is 0 Å². The van der Waals surface area contributed by atoms with Crippen molar-refractivity contribution in [1.82, 2.24) is 0 Å². The molecule has 8 heteroatoms. The standard InChI is InChI=1S/3C5H10O2.K.Zn/c3*1-2-3-4-5(6)7;;/h3*2-4H2,1H3,(H,6,7);;/q;;;+1;+2/p-3. The molecular formula is C15H27KO6Zn. The molecule has 0 heterocycles. The van der Waals surface area contributed by atoms with E-state index in [4.69, 9.17) is 0 Å². The molecule has 0 radical (unpaired) electrons. The molecule has 0 saturated heterocycles. The topological polar surface area (TPSA) is 120 Å². The van der Waals surface area contributed by atoms with Gasteiger partial charge in [0.05, 0.1) is 0 Å². The van der Waals surface area contributed by atoms with E-state index in [1.807, 2.05) is 20.8 Å². The second kappa shape index (κ2) is 30.5. The molecular weight excluding hydrogens is 381 g/mol. The van der Waals surface area contributed by atoms with E-state index in [0.29, 0.717) is 0 Å². The van der Waals surface area contributed by atoms with E-state index in [1.54, 1.807) is 0 Å². The van der Waals surface area contributed by atoms with Crippen LogP contribution in [0.15, 0.2) is 0 Å². The van der Waals surface area contributed by atoms with Crippen molar-refractivity contribution in [2.75, 3.05) is 0 Å². The summed E-state index contributed by atoms with van der Waals surface area (Å²) in [6.07, 6.45) is 5.60. The molecule has 0 rings (SSSR count). The summed E-state index contributed by atoms with van der Waals surface area (Å²) in [7, 11) is 0. The van der Waals surface area contributed by atoms with Gasteiger partial charge in [0.1, 0.15) is 0 Å². The summed E-state index contributed by atoms with van der Waals surface area (Å²) in [6, 6.07) is 0. The summed E-state index contributed by atoms with van der Waals surface area (Å²) < 4.78 is 0. The first-order valence-corrected chi connectivity index (χ1v) is 7.41. The number of aliphatic carboxylic acids is 3. The third-order valence-electron chi connectivity index (χ3n) is 2.20. The maximum atomic E-state index is 9.65. The third-order valence-corrected chi connectivity index (χ3v) is 2.20. The van der Waals surface area contributed by atoms with E-state index in [1.165, 1.54) is 0 Å². The van der Waals surface area contributed by atoms with Gasteiger partial charge in [-0.2, -0.15) is 0 Å². The predicted molar refractivity (Wildman–Crippen MR) is 73.6 cm³/mol. The Balaban J connectivity index is -0.0000000675. The smallest absolute Gasteiger partial charge is 0.550 e. The van der Waals surface area contributed by atoms with Crippen molar-refractivity contribution in [3.63, 3.8) is 0 Å². The zero-order chi connectivity index (χ0) is 17.1. The summed E-state index contributed by atoms with van der Waals surface area (Å²) in [5.74, 6) is -2.83. The zero-order valence-corrected chi connectivity index (χ0v) is 21.1. The van der Waals surface area contributed by atoms with Crippen LogP contribution < -0.4 is 66.7 Å². The predicted octanol–water partition coefficient (Wildman–Crippen LogP) is -3.22. The van der Waals surface area contributed by atoms with Crippen molar-refractivity contribution in [2.24, 2.45) is 0 Å². The molecule has 0 aromatic carbocycles. The first-order valence-electron chi connectivity index (χ1n) is 7.41. The Hall–Kier alpha value is 0.670. The average Bonchev–Trinajstić information content (AvgIpc) is 2.41. The number of carboxylic acids is 3. The quantitative estimate of drug-likeness (QED) is 0.371. The largest absolute Gasteiger partial charge is 2.00 e. The Kier molecular flexibility index (Phi) is 46.3. The van der Waals surface area contributed by atoms with Gasteiger partial charge in [-0.3, -0.25) is 0 Å². The number of carbonyl (C=O) groups excluding carboxylic acids is 3. The monoisotopic (exact) mass is 406 g/mol. The van der Waals surface area contributed by atoms with Gasteiger partial charge in [0, 0.05) is 17.9 Å². The van der Waals surface area contributed by atoms with Crippen LogP contribution in [0, 0.1) is 0 Å². The SMILES string of the molecule is CCCCC(=O)[O-].CCCCC(=O)[O-].CCCCC(=O)[O-].[K+].[Zn+2]. The minimum Gasteiger partial charge on any atom is -0.550 e. The second-order valence-corrected chi connectivity index (χ2v) is 4.43. The van der Waals surface area contributed by atoms with E-state index >= 15 is 0 Å². The number of hydrogen-bond acceptors (Lipinski definition) is 6. The van der Waals surface area contributed by atoms with Gasteiger partial charge in [0.2, 0.25) is 0 Å². The maximum absolute atomic E-state index is 9.65. The molecule has 0 saturated carbocycles. The van der Waals surface area contributed by atoms with Crippen LogP contribution in [0.2, 0.25) is 0 Å². The molecule has 0 aliphatic carbocycles. The molecule has 0 amide bonds. The van der Waals surface area contributed by atoms with Crippen LogP contribution in [-0.2, 0) is 33.9 Å². The van der Waals surface area contributed by atoms with Crippen molar-refractivity contribution < 1.29 is 101 Å². The van der Waals surface area contributed by atoms with Crippen molar-refractivity contribution in [3.05, 3.63) is 0 Å². The summed E-state index contributed by atoms with van der Waals surface area (Å²) in [5.41, 5.74) is 0. The van der Waals surface area contributed by atoms with Crippen LogP contribution in [-0.4, -0.2) is 17.9 Å². The second-order valence-electron chi connectivity index (χ2n) is 4.43. The Morgan fingerprint density at radius 2 is 0.783 bits per heavy atom. The average molecular weight is 408 g/mol. The molecule has 0 unspecified atom stereocenters. The molecule has 0 aliphatic rings. The van der Waals surface area contributed by atoms with Gasteiger partial charge in [-0.15, -0.1) is 0 Å². The van der Waals surface area contributed by atoms with Crippen molar-refractivity contribution in [3.8, 4) is 0 Å². The van der Waals surface area contributed by atoms with E-state index in [9.17, 15) is 29.7 Å². The fourth-order valence-corrected chi connectivity index (χ4v) is 0.963. The molecule has 23 heavy (non-hydrogen) atoms. The van der Waals surface area contributed by atoms with Crippen LogP contribution in [0.4, 0.5) is 0 Å². The fourth-order valence-electron chi connectivity index (χ4n) is 0.963. The van der Waals surface area contributed by atoms with Crippen LogP contribution >= 0.6 is 0 Å². The van der Waals surface area contributed by atoms with Gasteiger partial charge in [0.15, 0.2) is 0 Å². The van der Waals surface area contributed by atoms with Crippen LogP contribution in [0.1, 0.15) is 78.6 Å². The molecule has 0 N–H and O–H groups in total. The van der Waals surface area contributed by atoms with E-state index < -0.39 is 17.9 Å². The Bertz CT molecular complexity index is 232. The van der Waals surface area contributed by atoms with Gasteiger partial charge in [-0.25, -0.2) is 0 Å². The van der Waals surface area contributed by atoms with Gasteiger partial charge in [-0.1, -0.05) is 40.0 Å². The van der Waals surface area contributed by atoms with Crippen molar-refractivity contribution >= 4 is 17.9 Å². The number of carbonyl (C=O) groups is 3. The van der Waals surface area contributed by atoms with Crippen LogP contribution in [0.5, 0.6) is 0 Å². The normalized spacial score (nSPS) is 7.96. The number of rotatable bonds is 9. The summed E-state index contributed by atoms with van der Waals surface area (Å²) in [6.45, 7) is 5.84. The van der Waals surface area contributed by atoms with Crippen LogP contribution in [0.3, 0.4) is 0 Å². The molecule has 0 atom stereocenters. The van der Waals surface area contributed by atoms with E-state index in [0.717, 1.165) is 38.5 Å². The molecule has 0 bridgehead atoms. The van der Waals surface area contributed by atoms with Crippen molar-refractivity contribution in [1.29, 1.82) is 0 Å². The molecule has 0 fully saturated rings. The Morgan fingerprint density at radius 3 is 0.826 bits per heavy atom. The summed E-state index contributed by atoms with van der Waals surface area (Å²) in [4.78, 5) is 28.9. The Morgan fingerprint density at radius 1 is 0.609 bits per heavy atom. The molecule has 0 spiro atoms. The summed E-state index contributed by atoms with van der Waals surface area (Å²) >= 11 is 0. The number of unbranched alkanes of at least 4 members (excludes halogenated alkanes) is 3. The maximum Gasteiger partial charge on any atom is 2.00 e. The molecule has 0 aromatic heterocycles. The van der Waals surface area contributed by atoms with E-state index in [2.05, 4.69) is 0 Å². The minimum absolute atomic E-state index is 0. The third kappa shape index (κ3) is 60.3. The fraction of sp³-hybridized carbons (Fsp3) is 0.800. The number of carboxylic acid groups (broad SMARTS) is 3. The molecule has 126 valence electrons.